The van der Waals surface area contributed by atoms with Gasteiger partial charge in [-0.1, -0.05) is 62.4 Å². The van der Waals surface area contributed by atoms with Crippen LogP contribution in [0.2, 0.25) is 0 Å². The van der Waals surface area contributed by atoms with Crippen LogP contribution in [0, 0.1) is 6.92 Å². The van der Waals surface area contributed by atoms with Crippen molar-refractivity contribution in [1.82, 2.24) is 15.0 Å². The molecule has 0 bridgehead atoms. The molecule has 0 unspecified atom stereocenters. The van der Waals surface area contributed by atoms with E-state index >= 15 is 0 Å². The van der Waals surface area contributed by atoms with E-state index in [1.54, 1.807) is 24.3 Å². The summed E-state index contributed by atoms with van der Waals surface area (Å²) < 4.78 is 47.1. The Morgan fingerprint density at radius 3 is 2.54 bits per heavy atom. The molecule has 2 heterocycles. The fourth-order valence-corrected chi connectivity index (χ4v) is 6.22. The van der Waals surface area contributed by atoms with Crippen LogP contribution in [0.15, 0.2) is 36.0 Å². The first-order valence-corrected chi connectivity index (χ1v) is 14.4. The van der Waals surface area contributed by atoms with E-state index in [0.29, 0.717) is 12.0 Å². The van der Waals surface area contributed by atoms with Crippen LogP contribution in [-0.2, 0) is 21.5 Å². The Hall–Kier alpha value is -2.33. The number of hydrogen-bond donors (Lipinski definition) is 2. The van der Waals surface area contributed by atoms with Gasteiger partial charge in [-0.15, -0.1) is 11.3 Å². The number of amides is 2. The molecule has 0 spiro atoms. The second-order valence-corrected chi connectivity index (χ2v) is 12.0. The van der Waals surface area contributed by atoms with Gasteiger partial charge in [-0.25, -0.2) is 4.98 Å². The van der Waals surface area contributed by atoms with E-state index in [-0.39, 0.29) is 21.4 Å². The molecule has 1 aromatic carbocycles. The maximum atomic E-state index is 14.8. The summed E-state index contributed by atoms with van der Waals surface area (Å²) in [6.45, 7) is 4.00. The van der Waals surface area contributed by atoms with E-state index in [4.69, 9.17) is 0 Å². The third-order valence-electron chi connectivity index (χ3n) is 6.70. The average Bonchev–Trinajstić information content (AvgIpc) is 3.56. The number of hydrogen-bond acceptors (Lipinski definition) is 5. The van der Waals surface area contributed by atoms with Gasteiger partial charge in [-0.2, -0.15) is 13.2 Å². The zero-order valence-corrected chi connectivity index (χ0v) is 22.7. The highest BCUT2D eigenvalue weighted by atomic mass is 32.2. The van der Waals surface area contributed by atoms with Gasteiger partial charge in [0.05, 0.1) is 0 Å². The first-order chi connectivity index (χ1) is 17.6. The lowest BCUT2D eigenvalue weighted by Crippen LogP contribution is -2.59. The van der Waals surface area contributed by atoms with Gasteiger partial charge in [-0.05, 0) is 55.7 Å². The third kappa shape index (κ3) is 6.39. The Balaban J connectivity index is 1.69. The maximum absolute atomic E-state index is 14.8. The van der Waals surface area contributed by atoms with E-state index < -0.39 is 30.0 Å². The van der Waals surface area contributed by atoms with Crippen molar-refractivity contribution in [3.8, 4) is 0 Å². The Morgan fingerprint density at radius 2 is 1.89 bits per heavy atom. The van der Waals surface area contributed by atoms with Crippen molar-refractivity contribution in [2.24, 2.45) is 0 Å². The number of thiazole rings is 1. The number of unbranched alkanes of at least 4 members (excludes halogenated alkanes) is 4. The van der Waals surface area contributed by atoms with E-state index in [1.807, 2.05) is 6.92 Å². The molecule has 5 nitrogen and oxygen atoms in total. The van der Waals surface area contributed by atoms with E-state index in [9.17, 15) is 22.8 Å². The van der Waals surface area contributed by atoms with Crippen molar-refractivity contribution >= 4 is 40.7 Å². The molecule has 1 fully saturated rings. The number of halogens is 3. The molecule has 200 valence electrons. The third-order valence-corrected chi connectivity index (χ3v) is 9.02. The summed E-state index contributed by atoms with van der Waals surface area (Å²) >= 11 is 2.21. The van der Waals surface area contributed by atoms with Gasteiger partial charge in [0.1, 0.15) is 10.6 Å². The summed E-state index contributed by atoms with van der Waals surface area (Å²) in [5.41, 5.74) is -1.56. The van der Waals surface area contributed by atoms with Gasteiger partial charge < -0.3 is 5.32 Å². The zero-order valence-electron chi connectivity index (χ0n) is 21.0. The van der Waals surface area contributed by atoms with Gasteiger partial charge in [0.15, 0.2) is 5.54 Å². The molecule has 1 aromatic heterocycles. The fourth-order valence-electron chi connectivity index (χ4n) is 4.35. The SMILES string of the molecule is CCCCCCCc1cnc([C@]2(C(F)(F)F)CC(c3ccc(C)cc3)=C(C(=O)NSC3CC3)C(=O)N2)s1. The first kappa shape index (κ1) is 27.7. The molecule has 2 aliphatic rings. The highest BCUT2D eigenvalue weighted by Gasteiger charge is 2.62. The number of rotatable bonds is 11. The van der Waals surface area contributed by atoms with Crippen LogP contribution in [0.5, 0.6) is 0 Å². The van der Waals surface area contributed by atoms with Crippen LogP contribution in [-0.4, -0.2) is 28.2 Å². The first-order valence-electron chi connectivity index (χ1n) is 12.7. The summed E-state index contributed by atoms with van der Waals surface area (Å²) in [7, 11) is 0. The number of nitrogens with zero attached hydrogens (tertiary/aromatic N) is 1. The fraction of sp³-hybridized carbons (Fsp3) is 0.519. The Morgan fingerprint density at radius 1 is 1.19 bits per heavy atom. The summed E-state index contributed by atoms with van der Waals surface area (Å²) in [5.74, 6) is -1.71. The van der Waals surface area contributed by atoms with Gasteiger partial charge in [-0.3, -0.25) is 14.3 Å². The summed E-state index contributed by atoms with van der Waals surface area (Å²) in [5, 5.41) is 2.27. The molecule has 1 atom stereocenters. The predicted molar refractivity (Wildman–Crippen MR) is 142 cm³/mol. The van der Waals surface area contributed by atoms with E-state index in [1.165, 1.54) is 18.1 Å². The Labute approximate surface area is 223 Å². The van der Waals surface area contributed by atoms with Crippen LogP contribution in [0.1, 0.15) is 79.3 Å². The van der Waals surface area contributed by atoms with Crippen LogP contribution in [0.4, 0.5) is 13.2 Å². The normalized spacial score (nSPS) is 20.2. The van der Waals surface area contributed by atoms with Crippen molar-refractivity contribution < 1.29 is 22.8 Å². The second-order valence-electron chi connectivity index (χ2n) is 9.80. The molecule has 37 heavy (non-hydrogen) atoms. The van der Waals surface area contributed by atoms with Gasteiger partial charge in [0.2, 0.25) is 0 Å². The van der Waals surface area contributed by atoms with Crippen LogP contribution in [0.25, 0.3) is 5.57 Å². The molecular weight excluding hydrogens is 519 g/mol. The molecular formula is C27H32F3N3O2S2. The topological polar surface area (TPSA) is 71.1 Å². The highest BCUT2D eigenvalue weighted by Crippen LogP contribution is 2.49. The predicted octanol–water partition coefficient (Wildman–Crippen LogP) is 6.62. The molecule has 2 amide bonds. The van der Waals surface area contributed by atoms with Gasteiger partial charge in [0, 0.05) is 22.7 Å². The summed E-state index contributed by atoms with van der Waals surface area (Å²) in [4.78, 5) is 31.3. The molecule has 0 radical (unpaired) electrons. The number of alkyl halides is 3. The van der Waals surface area contributed by atoms with Gasteiger partial charge >= 0.3 is 6.18 Å². The van der Waals surface area contributed by atoms with E-state index in [2.05, 4.69) is 21.9 Å². The minimum Gasteiger partial charge on any atom is -0.332 e. The quantitative estimate of drug-likeness (QED) is 0.187. The zero-order chi connectivity index (χ0) is 26.6. The second kappa shape index (κ2) is 11.6. The van der Waals surface area contributed by atoms with Crippen molar-refractivity contribution in [2.75, 3.05) is 0 Å². The standard InChI is InChI=1S/C27H32F3N3O2S2/c1-3-4-5-6-7-8-20-16-31-25(36-20)26(27(28,29)30)15-21(18-11-9-17(2)10-12-18)22(23(34)32-26)24(35)33-37-19-13-14-19/h9-12,16,19H,3-8,13-15H2,1-2H3,(H,32,34)(H,33,35)/t26-/m0/s1. The smallest absolute Gasteiger partial charge is 0.332 e. The molecule has 10 heteroatoms. The van der Waals surface area contributed by atoms with Crippen molar-refractivity contribution in [3.05, 3.63) is 57.0 Å². The molecule has 4 rings (SSSR count). The van der Waals surface area contributed by atoms with Crippen molar-refractivity contribution in [2.45, 2.75) is 88.6 Å². The average molecular weight is 552 g/mol. The number of carbonyl (C=O) groups excluding carboxylic acids is 2. The molecule has 2 N–H and O–H groups in total. The Bertz CT molecular complexity index is 1160. The maximum Gasteiger partial charge on any atom is 0.418 e. The van der Waals surface area contributed by atoms with E-state index in [0.717, 1.165) is 66.7 Å². The largest absolute Gasteiger partial charge is 0.418 e. The molecule has 1 aliphatic carbocycles. The molecule has 0 saturated heterocycles. The lowest BCUT2D eigenvalue weighted by molar-refractivity contribution is -0.201. The number of aryl methyl sites for hydroxylation is 2. The van der Waals surface area contributed by atoms with Crippen LogP contribution >= 0.6 is 23.3 Å². The highest BCUT2D eigenvalue weighted by molar-refractivity contribution is 7.98. The number of carbonyl (C=O) groups is 2. The number of benzene rings is 1. The van der Waals surface area contributed by atoms with Crippen LogP contribution in [0.3, 0.4) is 0 Å². The van der Waals surface area contributed by atoms with Crippen molar-refractivity contribution in [3.63, 3.8) is 0 Å². The minimum atomic E-state index is -4.82. The lowest BCUT2D eigenvalue weighted by atomic mass is 9.80. The van der Waals surface area contributed by atoms with Crippen LogP contribution < -0.4 is 10.0 Å². The number of aromatic nitrogens is 1. The number of nitrogens with one attached hydrogen (secondary N) is 2. The summed E-state index contributed by atoms with van der Waals surface area (Å²) in [6.07, 6.45) is 3.88. The molecule has 1 saturated carbocycles. The van der Waals surface area contributed by atoms with Crippen molar-refractivity contribution in [1.29, 1.82) is 0 Å². The summed E-state index contributed by atoms with van der Waals surface area (Å²) in [6, 6.07) is 6.85. The lowest BCUT2D eigenvalue weighted by Gasteiger charge is -2.39. The molecule has 2 aromatic rings. The monoisotopic (exact) mass is 551 g/mol. The Kier molecular flexibility index (Phi) is 8.68. The molecule has 1 aliphatic heterocycles. The van der Waals surface area contributed by atoms with Gasteiger partial charge in [0.25, 0.3) is 11.8 Å². The minimum absolute atomic E-state index is 0.0753.